The summed E-state index contributed by atoms with van der Waals surface area (Å²) in [6, 6.07) is 8.24. The summed E-state index contributed by atoms with van der Waals surface area (Å²) >= 11 is 0. The summed E-state index contributed by atoms with van der Waals surface area (Å²) in [5.74, 6) is 0.987. The van der Waals surface area contributed by atoms with Gasteiger partial charge in [0.25, 0.3) is 0 Å². The van der Waals surface area contributed by atoms with Gasteiger partial charge < -0.3 is 5.32 Å². The van der Waals surface area contributed by atoms with Crippen molar-refractivity contribution in [3.63, 3.8) is 0 Å². The average molecular weight is 231 g/mol. The van der Waals surface area contributed by atoms with Crippen molar-refractivity contribution in [2.45, 2.75) is 38.0 Å². The molecule has 1 saturated carbocycles. The van der Waals surface area contributed by atoms with Gasteiger partial charge in [0.05, 0.1) is 0 Å². The second-order valence-corrected chi connectivity index (χ2v) is 4.88. The number of carbonyl (C=O) groups excluding carboxylic acids is 1. The van der Waals surface area contributed by atoms with Crippen LogP contribution < -0.4 is 5.32 Å². The van der Waals surface area contributed by atoms with Crippen molar-refractivity contribution < 1.29 is 4.79 Å². The normalized spacial score (nSPS) is 15.6. The van der Waals surface area contributed by atoms with Gasteiger partial charge in [-0.15, -0.1) is 0 Å². The molecule has 1 aliphatic carbocycles. The molecular weight excluding hydrogens is 210 g/mol. The number of Topliss-reactive ketones (excluding diaryl/α,β-unsaturated/α-hetero) is 1. The maximum absolute atomic E-state index is 12.0. The highest BCUT2D eigenvalue weighted by Crippen LogP contribution is 2.36. The topological polar surface area (TPSA) is 29.1 Å². The molecule has 1 aromatic rings. The third kappa shape index (κ3) is 3.16. The van der Waals surface area contributed by atoms with Gasteiger partial charge in [-0.1, -0.05) is 24.6 Å². The van der Waals surface area contributed by atoms with Crippen LogP contribution in [0, 0.1) is 0 Å². The molecule has 0 heterocycles. The van der Waals surface area contributed by atoms with E-state index in [4.69, 9.17) is 0 Å². The van der Waals surface area contributed by atoms with Crippen molar-refractivity contribution in [1.82, 2.24) is 5.32 Å². The summed E-state index contributed by atoms with van der Waals surface area (Å²) < 4.78 is 0. The Kier molecular flexibility index (Phi) is 4.32. The van der Waals surface area contributed by atoms with Gasteiger partial charge in [-0.3, -0.25) is 4.79 Å². The van der Waals surface area contributed by atoms with Gasteiger partial charge in [-0.2, -0.15) is 0 Å². The minimum Gasteiger partial charge on any atom is -0.320 e. The molecule has 0 aromatic heterocycles. The molecule has 2 heteroatoms. The molecule has 0 atom stereocenters. The molecule has 0 bridgehead atoms. The zero-order chi connectivity index (χ0) is 12.1. The van der Waals surface area contributed by atoms with Crippen LogP contribution in [0.25, 0.3) is 0 Å². The third-order valence-electron chi connectivity index (χ3n) is 3.62. The van der Waals surface area contributed by atoms with Gasteiger partial charge in [-0.25, -0.2) is 0 Å². The van der Waals surface area contributed by atoms with Gasteiger partial charge in [0.1, 0.15) is 0 Å². The fourth-order valence-corrected chi connectivity index (χ4v) is 2.28. The van der Waals surface area contributed by atoms with Crippen LogP contribution in [0.1, 0.15) is 53.9 Å². The zero-order valence-corrected chi connectivity index (χ0v) is 10.5. The lowest BCUT2D eigenvalue weighted by Crippen LogP contribution is -2.11. The van der Waals surface area contributed by atoms with Crippen molar-refractivity contribution in [1.29, 1.82) is 0 Å². The van der Waals surface area contributed by atoms with Crippen molar-refractivity contribution >= 4 is 5.78 Å². The molecular formula is C15H21NO. The van der Waals surface area contributed by atoms with Crippen LogP contribution in [0.5, 0.6) is 0 Å². The summed E-state index contributed by atoms with van der Waals surface area (Å²) in [6.45, 7) is 0.911. The highest BCUT2D eigenvalue weighted by molar-refractivity contribution is 5.96. The third-order valence-corrected chi connectivity index (χ3v) is 3.62. The van der Waals surface area contributed by atoms with Gasteiger partial charge in [0, 0.05) is 12.0 Å². The minimum atomic E-state index is 0.279. The first-order valence-electron chi connectivity index (χ1n) is 6.59. The zero-order valence-electron chi connectivity index (χ0n) is 10.5. The van der Waals surface area contributed by atoms with E-state index >= 15 is 0 Å². The highest BCUT2D eigenvalue weighted by atomic mass is 16.1. The fourth-order valence-electron chi connectivity index (χ4n) is 2.28. The Morgan fingerprint density at radius 3 is 2.88 bits per heavy atom. The number of rotatable bonds is 6. The summed E-state index contributed by atoms with van der Waals surface area (Å²) in [5.41, 5.74) is 2.25. The van der Waals surface area contributed by atoms with Crippen LogP contribution in [-0.4, -0.2) is 19.4 Å². The highest BCUT2D eigenvalue weighted by Gasteiger charge is 2.20. The van der Waals surface area contributed by atoms with E-state index in [0.717, 1.165) is 18.5 Å². The summed E-state index contributed by atoms with van der Waals surface area (Å²) in [5, 5.41) is 3.07. The molecule has 0 saturated heterocycles. The molecule has 1 fully saturated rings. The Morgan fingerprint density at radius 1 is 1.41 bits per heavy atom. The average Bonchev–Trinajstić information content (AvgIpc) is 2.27. The number of hydrogen-bond acceptors (Lipinski definition) is 2. The van der Waals surface area contributed by atoms with Crippen LogP contribution in [0.15, 0.2) is 24.3 Å². The van der Waals surface area contributed by atoms with E-state index in [2.05, 4.69) is 17.4 Å². The van der Waals surface area contributed by atoms with Gasteiger partial charge >= 0.3 is 0 Å². The van der Waals surface area contributed by atoms with Crippen molar-refractivity contribution in [3.8, 4) is 0 Å². The monoisotopic (exact) mass is 231 g/mol. The van der Waals surface area contributed by atoms with Gasteiger partial charge in [0.2, 0.25) is 0 Å². The van der Waals surface area contributed by atoms with Crippen molar-refractivity contribution in [3.05, 3.63) is 35.4 Å². The molecule has 92 valence electrons. The van der Waals surface area contributed by atoms with E-state index in [1.165, 1.54) is 24.8 Å². The first kappa shape index (κ1) is 12.3. The predicted octanol–water partition coefficient (Wildman–Crippen LogP) is 3.14. The number of ketones is 1. The summed E-state index contributed by atoms with van der Waals surface area (Å²) in [6.07, 6.45) is 5.48. The number of nitrogens with one attached hydrogen (secondary N) is 1. The van der Waals surface area contributed by atoms with Crippen LogP contribution >= 0.6 is 0 Å². The lowest BCUT2D eigenvalue weighted by molar-refractivity contribution is 0.0980. The molecule has 1 aromatic carbocycles. The first-order valence-corrected chi connectivity index (χ1v) is 6.59. The van der Waals surface area contributed by atoms with E-state index in [1.807, 2.05) is 19.2 Å². The smallest absolute Gasteiger partial charge is 0.162 e. The van der Waals surface area contributed by atoms with Crippen molar-refractivity contribution in [2.75, 3.05) is 13.6 Å². The standard InChI is InChI=1S/C15H21NO/c1-16-10-4-9-15(17)14-8-3-7-13(11-14)12-5-2-6-12/h3,7-8,11-12,16H,2,4-6,9-10H2,1H3. The molecule has 0 amide bonds. The maximum atomic E-state index is 12.0. The Morgan fingerprint density at radius 2 is 2.24 bits per heavy atom. The van der Waals surface area contributed by atoms with Gasteiger partial charge in [0.15, 0.2) is 5.78 Å². The van der Waals surface area contributed by atoms with E-state index in [-0.39, 0.29) is 5.78 Å². The van der Waals surface area contributed by atoms with E-state index in [0.29, 0.717) is 12.3 Å². The Labute approximate surface area is 103 Å². The fraction of sp³-hybridized carbons (Fsp3) is 0.533. The van der Waals surface area contributed by atoms with Crippen LogP contribution in [0.4, 0.5) is 0 Å². The largest absolute Gasteiger partial charge is 0.320 e. The number of benzene rings is 1. The quantitative estimate of drug-likeness (QED) is 0.602. The first-order chi connectivity index (χ1) is 8.31. The van der Waals surface area contributed by atoms with Crippen molar-refractivity contribution in [2.24, 2.45) is 0 Å². The molecule has 0 aliphatic heterocycles. The lowest BCUT2D eigenvalue weighted by Gasteiger charge is -2.26. The molecule has 1 aliphatic rings. The molecule has 2 rings (SSSR count). The SMILES string of the molecule is CNCCCC(=O)c1cccc(C2CCC2)c1. The molecule has 0 radical (unpaired) electrons. The second kappa shape index (κ2) is 5.97. The molecule has 17 heavy (non-hydrogen) atoms. The van der Waals surface area contributed by atoms with E-state index in [1.54, 1.807) is 0 Å². The molecule has 0 spiro atoms. The summed E-state index contributed by atoms with van der Waals surface area (Å²) in [4.78, 5) is 12.0. The van der Waals surface area contributed by atoms with Crippen LogP contribution in [0.3, 0.4) is 0 Å². The van der Waals surface area contributed by atoms with E-state index < -0.39 is 0 Å². The summed E-state index contributed by atoms with van der Waals surface area (Å²) in [7, 11) is 1.92. The van der Waals surface area contributed by atoms with Crippen LogP contribution in [-0.2, 0) is 0 Å². The Balaban J connectivity index is 1.97. The maximum Gasteiger partial charge on any atom is 0.162 e. The van der Waals surface area contributed by atoms with Gasteiger partial charge in [-0.05, 0) is 50.4 Å². The molecule has 1 N–H and O–H groups in total. The number of hydrogen-bond donors (Lipinski definition) is 1. The molecule has 0 unspecified atom stereocenters. The minimum absolute atomic E-state index is 0.279. The predicted molar refractivity (Wildman–Crippen MR) is 70.5 cm³/mol. The molecule has 2 nitrogen and oxygen atoms in total. The second-order valence-electron chi connectivity index (χ2n) is 4.88. The Bertz CT molecular complexity index is 382. The lowest BCUT2D eigenvalue weighted by atomic mass is 9.79. The number of carbonyl (C=O) groups is 1. The Hall–Kier alpha value is -1.15. The van der Waals surface area contributed by atoms with Crippen LogP contribution in [0.2, 0.25) is 0 Å². The van der Waals surface area contributed by atoms with E-state index in [9.17, 15) is 4.79 Å².